The fourth-order valence-electron chi connectivity index (χ4n) is 2.89. The van der Waals surface area contributed by atoms with Gasteiger partial charge in [0.25, 0.3) is 0 Å². The highest BCUT2D eigenvalue weighted by atomic mass is 16.5. The first-order valence-electron chi connectivity index (χ1n) is 7.19. The Hall–Kier alpha value is -1.35. The van der Waals surface area contributed by atoms with Crippen molar-refractivity contribution >= 4 is 5.97 Å². The molecule has 1 saturated heterocycles. The highest BCUT2D eigenvalue weighted by Crippen LogP contribution is 2.52. The second-order valence-corrected chi connectivity index (χ2v) is 5.97. The summed E-state index contributed by atoms with van der Waals surface area (Å²) in [6.45, 7) is 1.54. The first-order valence-corrected chi connectivity index (χ1v) is 7.19. The molecule has 0 bridgehead atoms. The molecule has 2 aliphatic rings. The van der Waals surface area contributed by atoms with Crippen LogP contribution in [0.15, 0.2) is 30.3 Å². The largest absolute Gasteiger partial charge is 0.461 e. The number of hydrogen-bond donors (Lipinski definition) is 1. The lowest BCUT2D eigenvalue weighted by Gasteiger charge is -2.10. The number of carbonyl (C=O) groups is 1. The molecular formula is C16H21NO2. The molecule has 0 unspecified atom stereocenters. The van der Waals surface area contributed by atoms with Crippen LogP contribution in [-0.4, -0.2) is 18.6 Å². The first-order chi connectivity index (χ1) is 9.26. The van der Waals surface area contributed by atoms with Gasteiger partial charge in [0.05, 0.1) is 0 Å². The van der Waals surface area contributed by atoms with Crippen molar-refractivity contribution in [1.29, 1.82) is 0 Å². The van der Waals surface area contributed by atoms with Crippen LogP contribution in [0, 0.1) is 5.41 Å². The van der Waals surface area contributed by atoms with Gasteiger partial charge in [0.15, 0.2) is 0 Å². The van der Waals surface area contributed by atoms with Crippen molar-refractivity contribution in [2.75, 3.05) is 6.54 Å². The zero-order valence-electron chi connectivity index (χ0n) is 11.2. The second kappa shape index (κ2) is 5.33. The molecule has 1 heterocycles. The number of nitrogens with one attached hydrogen (secondary N) is 1. The molecule has 2 fully saturated rings. The minimum atomic E-state index is -0.0811. The van der Waals surface area contributed by atoms with Crippen LogP contribution in [0.5, 0.6) is 0 Å². The monoisotopic (exact) mass is 259 g/mol. The van der Waals surface area contributed by atoms with Gasteiger partial charge in [-0.15, -0.1) is 0 Å². The van der Waals surface area contributed by atoms with Crippen LogP contribution < -0.4 is 5.32 Å². The van der Waals surface area contributed by atoms with Crippen LogP contribution in [0.3, 0.4) is 0 Å². The number of hydrogen-bond acceptors (Lipinski definition) is 3. The Morgan fingerprint density at radius 3 is 2.79 bits per heavy atom. The zero-order chi connectivity index (χ0) is 13.1. The van der Waals surface area contributed by atoms with E-state index in [1.54, 1.807) is 0 Å². The minimum absolute atomic E-state index is 0.0811. The zero-order valence-corrected chi connectivity index (χ0v) is 11.2. The molecule has 1 N–H and O–H groups in total. The summed E-state index contributed by atoms with van der Waals surface area (Å²) < 4.78 is 5.29. The standard InChI is InChI=1S/C16H21NO2/c18-15(19-11-13-4-2-1-3-5-13)7-6-14-10-16(8-9-16)12-17-14/h1-5,14,17H,6-12H2/t14-/m1/s1. The second-order valence-electron chi connectivity index (χ2n) is 5.97. The normalized spacial score (nSPS) is 23.5. The molecule has 0 amide bonds. The van der Waals surface area contributed by atoms with Crippen LogP contribution in [0.1, 0.15) is 37.7 Å². The third-order valence-corrected chi connectivity index (χ3v) is 4.34. The van der Waals surface area contributed by atoms with Crippen LogP contribution in [0.2, 0.25) is 0 Å². The number of benzene rings is 1. The van der Waals surface area contributed by atoms with E-state index in [4.69, 9.17) is 4.74 Å². The summed E-state index contributed by atoms with van der Waals surface area (Å²) in [5.74, 6) is -0.0811. The summed E-state index contributed by atoms with van der Waals surface area (Å²) >= 11 is 0. The number of rotatable bonds is 5. The van der Waals surface area contributed by atoms with Crippen molar-refractivity contribution < 1.29 is 9.53 Å². The molecule has 1 aliphatic carbocycles. The molecule has 1 spiro atoms. The third-order valence-electron chi connectivity index (χ3n) is 4.34. The number of ether oxygens (including phenoxy) is 1. The molecule has 3 rings (SSSR count). The fraction of sp³-hybridized carbons (Fsp3) is 0.562. The average molecular weight is 259 g/mol. The van der Waals surface area contributed by atoms with Gasteiger partial charge in [0, 0.05) is 19.0 Å². The summed E-state index contributed by atoms with van der Waals surface area (Å²) in [6, 6.07) is 10.4. The Balaban J connectivity index is 1.35. The van der Waals surface area contributed by atoms with E-state index in [0.717, 1.165) is 18.5 Å². The van der Waals surface area contributed by atoms with E-state index in [0.29, 0.717) is 24.5 Å². The van der Waals surface area contributed by atoms with Gasteiger partial charge in [-0.2, -0.15) is 0 Å². The summed E-state index contributed by atoms with van der Waals surface area (Å²) in [7, 11) is 0. The van der Waals surface area contributed by atoms with Gasteiger partial charge in [-0.1, -0.05) is 30.3 Å². The molecule has 0 radical (unpaired) electrons. The van der Waals surface area contributed by atoms with E-state index >= 15 is 0 Å². The number of esters is 1. The van der Waals surface area contributed by atoms with Crippen molar-refractivity contribution in [1.82, 2.24) is 5.32 Å². The minimum Gasteiger partial charge on any atom is -0.461 e. The topological polar surface area (TPSA) is 38.3 Å². The predicted octanol–water partition coefficient (Wildman–Crippen LogP) is 2.65. The lowest BCUT2D eigenvalue weighted by Crippen LogP contribution is -2.22. The molecule has 1 saturated carbocycles. The smallest absolute Gasteiger partial charge is 0.306 e. The molecule has 3 nitrogen and oxygen atoms in total. The fourth-order valence-corrected chi connectivity index (χ4v) is 2.89. The van der Waals surface area contributed by atoms with Crippen LogP contribution in [-0.2, 0) is 16.1 Å². The van der Waals surface area contributed by atoms with Crippen LogP contribution >= 0.6 is 0 Å². The van der Waals surface area contributed by atoms with Gasteiger partial charge in [0.2, 0.25) is 0 Å². The van der Waals surface area contributed by atoms with E-state index in [9.17, 15) is 4.79 Å². The number of carbonyl (C=O) groups excluding carboxylic acids is 1. The summed E-state index contributed by atoms with van der Waals surface area (Å²) in [5, 5.41) is 3.53. The Labute approximate surface area is 114 Å². The Bertz CT molecular complexity index is 439. The molecule has 3 heteroatoms. The SMILES string of the molecule is O=C(CC[C@@H]1CC2(CC2)CN1)OCc1ccccc1. The van der Waals surface area contributed by atoms with Gasteiger partial charge < -0.3 is 10.1 Å². The van der Waals surface area contributed by atoms with Crippen molar-refractivity contribution in [3.05, 3.63) is 35.9 Å². The van der Waals surface area contributed by atoms with E-state index in [2.05, 4.69) is 5.32 Å². The van der Waals surface area contributed by atoms with Gasteiger partial charge >= 0.3 is 5.97 Å². The Morgan fingerprint density at radius 2 is 2.11 bits per heavy atom. The van der Waals surface area contributed by atoms with Gasteiger partial charge in [-0.25, -0.2) is 0 Å². The van der Waals surface area contributed by atoms with E-state index in [1.807, 2.05) is 30.3 Å². The van der Waals surface area contributed by atoms with E-state index < -0.39 is 0 Å². The molecule has 1 atom stereocenters. The molecule has 1 aliphatic heterocycles. The predicted molar refractivity (Wildman–Crippen MR) is 73.5 cm³/mol. The first kappa shape index (κ1) is 12.7. The lowest BCUT2D eigenvalue weighted by molar-refractivity contribution is -0.145. The molecule has 0 aromatic heterocycles. The molecule has 19 heavy (non-hydrogen) atoms. The van der Waals surface area contributed by atoms with Crippen molar-refractivity contribution in [2.45, 2.75) is 44.8 Å². The maximum atomic E-state index is 11.7. The van der Waals surface area contributed by atoms with E-state index in [-0.39, 0.29) is 5.97 Å². The summed E-state index contributed by atoms with van der Waals surface area (Å²) in [4.78, 5) is 11.7. The highest BCUT2D eigenvalue weighted by Gasteiger charge is 2.47. The maximum Gasteiger partial charge on any atom is 0.306 e. The van der Waals surface area contributed by atoms with Gasteiger partial charge in [0.1, 0.15) is 6.61 Å². The molecule has 1 aromatic rings. The maximum absolute atomic E-state index is 11.7. The molecule has 1 aromatic carbocycles. The van der Waals surface area contributed by atoms with Crippen LogP contribution in [0.4, 0.5) is 0 Å². The quantitative estimate of drug-likeness (QED) is 0.826. The summed E-state index contributed by atoms with van der Waals surface area (Å²) in [5.41, 5.74) is 1.66. The third kappa shape index (κ3) is 3.35. The Kier molecular flexibility index (Phi) is 3.56. The molecular weight excluding hydrogens is 238 g/mol. The highest BCUT2D eigenvalue weighted by molar-refractivity contribution is 5.69. The van der Waals surface area contributed by atoms with Gasteiger partial charge in [-0.05, 0) is 36.7 Å². The van der Waals surface area contributed by atoms with Crippen molar-refractivity contribution in [3.8, 4) is 0 Å². The van der Waals surface area contributed by atoms with Crippen molar-refractivity contribution in [3.63, 3.8) is 0 Å². The van der Waals surface area contributed by atoms with Crippen molar-refractivity contribution in [2.24, 2.45) is 5.41 Å². The summed E-state index contributed by atoms with van der Waals surface area (Å²) in [6.07, 6.45) is 5.43. The van der Waals surface area contributed by atoms with Crippen LogP contribution in [0.25, 0.3) is 0 Å². The van der Waals surface area contributed by atoms with Gasteiger partial charge in [-0.3, -0.25) is 4.79 Å². The molecule has 102 valence electrons. The van der Waals surface area contributed by atoms with E-state index in [1.165, 1.54) is 19.3 Å². The average Bonchev–Trinajstić information content (AvgIpc) is 3.07. The Morgan fingerprint density at radius 1 is 1.32 bits per heavy atom. The lowest BCUT2D eigenvalue weighted by atomic mass is 10.0.